The molecular weight excluding hydrogens is 453 g/mol. The fourth-order valence-electron chi connectivity index (χ4n) is 6.32. The monoisotopic (exact) mass is 479 g/mol. The average molecular weight is 481 g/mol. The maximum absolute atomic E-state index is 6.60. The molecule has 6 rings (SSSR count). The second-order valence-corrected chi connectivity index (χ2v) is 10.7. The van der Waals surface area contributed by atoms with Gasteiger partial charge in [-0.3, -0.25) is 0 Å². The first kappa shape index (κ1) is 21.7. The van der Waals surface area contributed by atoms with Crippen LogP contribution < -0.4 is 14.8 Å². The summed E-state index contributed by atoms with van der Waals surface area (Å²) >= 11 is 19.1. The van der Waals surface area contributed by atoms with Gasteiger partial charge in [-0.2, -0.15) is 0 Å². The summed E-state index contributed by atoms with van der Waals surface area (Å²) in [6.07, 6.45) is 7.11. The Labute approximate surface area is 199 Å². The largest absolute Gasteiger partial charge is 0.493 e. The predicted molar refractivity (Wildman–Crippen MR) is 126 cm³/mol. The highest BCUT2D eigenvalue weighted by Crippen LogP contribution is 2.53. The molecule has 6 heteroatoms. The molecule has 4 bridgehead atoms. The van der Waals surface area contributed by atoms with Gasteiger partial charge in [-0.05, 0) is 85.6 Å². The van der Waals surface area contributed by atoms with Crippen molar-refractivity contribution in [3.05, 3.63) is 56.5 Å². The molecule has 0 saturated heterocycles. The molecule has 0 aliphatic heterocycles. The number of rotatable bonds is 7. The minimum absolute atomic E-state index is 0.222. The Balaban J connectivity index is 1.27. The molecule has 0 radical (unpaired) electrons. The minimum Gasteiger partial charge on any atom is -0.493 e. The summed E-state index contributed by atoms with van der Waals surface area (Å²) in [6, 6.07) is 10.0. The maximum atomic E-state index is 6.60. The Morgan fingerprint density at radius 3 is 2.16 bits per heavy atom. The lowest BCUT2D eigenvalue weighted by atomic mass is 9.54. The van der Waals surface area contributed by atoms with E-state index in [1.165, 1.54) is 32.1 Å². The van der Waals surface area contributed by atoms with E-state index in [1.54, 1.807) is 19.2 Å². The molecule has 0 atom stereocenters. The van der Waals surface area contributed by atoms with Crippen molar-refractivity contribution >= 4 is 34.8 Å². The summed E-state index contributed by atoms with van der Waals surface area (Å²) in [6.45, 7) is 1.01. The third-order valence-corrected chi connectivity index (χ3v) is 8.47. The van der Waals surface area contributed by atoms with E-state index in [9.17, 15) is 0 Å². The Morgan fingerprint density at radius 2 is 1.55 bits per heavy atom. The van der Waals surface area contributed by atoms with E-state index in [1.807, 2.05) is 18.2 Å². The van der Waals surface area contributed by atoms with Crippen LogP contribution in [-0.4, -0.2) is 13.2 Å². The van der Waals surface area contributed by atoms with Gasteiger partial charge in [-0.1, -0.05) is 40.9 Å². The van der Waals surface area contributed by atoms with Crippen molar-refractivity contribution in [2.45, 2.75) is 51.3 Å². The van der Waals surface area contributed by atoms with Crippen molar-refractivity contribution in [1.82, 2.24) is 5.32 Å². The molecule has 166 valence electrons. The zero-order chi connectivity index (χ0) is 21.5. The topological polar surface area (TPSA) is 30.5 Å². The standard InChI is InChI=1S/C25H28Cl3NO2/c1-30-23-11-16(12-29-24-17-6-14-5-15(8-17)9-18(24)7-14)10-22(28)25(23)31-13-19-20(26)3-2-4-21(19)27/h2-4,10-11,14-15,17-18,24,29H,5-9,12-13H2,1H3. The van der Waals surface area contributed by atoms with Crippen molar-refractivity contribution < 1.29 is 9.47 Å². The van der Waals surface area contributed by atoms with Gasteiger partial charge in [0.2, 0.25) is 0 Å². The molecule has 4 aliphatic carbocycles. The van der Waals surface area contributed by atoms with Crippen LogP contribution in [0.25, 0.3) is 0 Å². The highest BCUT2D eigenvalue weighted by atomic mass is 35.5. The minimum atomic E-state index is 0.222. The van der Waals surface area contributed by atoms with Gasteiger partial charge in [-0.15, -0.1) is 0 Å². The molecule has 2 aromatic carbocycles. The number of ether oxygens (including phenoxy) is 2. The number of methoxy groups -OCH3 is 1. The zero-order valence-corrected chi connectivity index (χ0v) is 19.9. The second kappa shape index (κ2) is 9.02. The molecule has 1 N–H and O–H groups in total. The van der Waals surface area contributed by atoms with Crippen LogP contribution in [0.5, 0.6) is 11.5 Å². The van der Waals surface area contributed by atoms with Gasteiger partial charge >= 0.3 is 0 Å². The summed E-state index contributed by atoms with van der Waals surface area (Å²) < 4.78 is 11.6. The SMILES string of the molecule is COc1cc(CNC2C3CC4CC(C3)CC2C4)cc(Cl)c1OCc1c(Cl)cccc1Cl. The highest BCUT2D eigenvalue weighted by molar-refractivity contribution is 6.36. The number of hydrogen-bond donors (Lipinski definition) is 1. The molecule has 0 aromatic heterocycles. The van der Waals surface area contributed by atoms with E-state index < -0.39 is 0 Å². The van der Waals surface area contributed by atoms with Crippen molar-refractivity contribution in [3.63, 3.8) is 0 Å². The number of benzene rings is 2. The van der Waals surface area contributed by atoms with Crippen LogP contribution in [0.15, 0.2) is 30.3 Å². The van der Waals surface area contributed by atoms with Crippen molar-refractivity contribution in [3.8, 4) is 11.5 Å². The summed E-state index contributed by atoms with van der Waals surface area (Å²) in [5.74, 6) is 4.79. The molecule has 0 spiro atoms. The van der Waals surface area contributed by atoms with Crippen LogP contribution in [0.2, 0.25) is 15.1 Å². The first-order valence-electron chi connectivity index (χ1n) is 11.2. The van der Waals surface area contributed by atoms with Gasteiger partial charge in [0.05, 0.1) is 12.1 Å². The molecule has 0 unspecified atom stereocenters. The molecule has 4 aliphatic rings. The maximum Gasteiger partial charge on any atom is 0.180 e. The smallest absolute Gasteiger partial charge is 0.180 e. The number of halogens is 3. The molecule has 4 saturated carbocycles. The molecule has 2 aromatic rings. The van der Waals surface area contributed by atoms with Gasteiger partial charge in [0.25, 0.3) is 0 Å². The molecule has 0 heterocycles. The third kappa shape index (κ3) is 4.39. The van der Waals surface area contributed by atoms with Crippen LogP contribution in [-0.2, 0) is 13.2 Å². The first-order chi connectivity index (χ1) is 15.0. The molecular formula is C25H28Cl3NO2. The van der Waals surface area contributed by atoms with Gasteiger partial charge < -0.3 is 14.8 Å². The van der Waals surface area contributed by atoms with Crippen LogP contribution in [0, 0.1) is 23.7 Å². The predicted octanol–water partition coefficient (Wildman–Crippen LogP) is 7.15. The highest BCUT2D eigenvalue weighted by Gasteiger charge is 2.47. The van der Waals surface area contributed by atoms with Crippen molar-refractivity contribution in [1.29, 1.82) is 0 Å². The van der Waals surface area contributed by atoms with E-state index in [4.69, 9.17) is 44.3 Å². The quantitative estimate of drug-likeness (QED) is 0.456. The Morgan fingerprint density at radius 1 is 0.903 bits per heavy atom. The zero-order valence-electron chi connectivity index (χ0n) is 17.7. The van der Waals surface area contributed by atoms with Gasteiger partial charge in [-0.25, -0.2) is 0 Å². The Hall–Kier alpha value is -1.13. The lowest BCUT2D eigenvalue weighted by Gasteiger charge is -2.54. The fraction of sp³-hybridized carbons (Fsp3) is 0.520. The number of nitrogens with one attached hydrogen (secondary N) is 1. The molecule has 4 fully saturated rings. The van der Waals surface area contributed by atoms with E-state index >= 15 is 0 Å². The lowest BCUT2D eigenvalue weighted by Crippen LogP contribution is -2.54. The molecule has 0 amide bonds. The van der Waals surface area contributed by atoms with Gasteiger partial charge in [0.15, 0.2) is 11.5 Å². The van der Waals surface area contributed by atoms with Gasteiger partial charge in [0, 0.05) is 28.2 Å². The van der Waals surface area contributed by atoms with Crippen LogP contribution in [0.3, 0.4) is 0 Å². The van der Waals surface area contributed by atoms with Crippen LogP contribution in [0.1, 0.15) is 43.2 Å². The number of hydrogen-bond acceptors (Lipinski definition) is 3. The molecule has 3 nitrogen and oxygen atoms in total. The van der Waals surface area contributed by atoms with E-state index in [0.717, 1.165) is 41.3 Å². The lowest BCUT2D eigenvalue weighted by molar-refractivity contribution is -0.0142. The molecule has 31 heavy (non-hydrogen) atoms. The fourth-order valence-corrected chi connectivity index (χ4v) is 7.12. The summed E-state index contributed by atoms with van der Waals surface area (Å²) in [7, 11) is 1.63. The average Bonchev–Trinajstić information content (AvgIpc) is 2.73. The van der Waals surface area contributed by atoms with E-state index in [-0.39, 0.29) is 6.61 Å². The Kier molecular flexibility index (Phi) is 6.31. The summed E-state index contributed by atoms with van der Waals surface area (Å²) in [4.78, 5) is 0. The van der Waals surface area contributed by atoms with E-state index in [0.29, 0.717) is 32.6 Å². The van der Waals surface area contributed by atoms with Gasteiger partial charge in [0.1, 0.15) is 6.61 Å². The third-order valence-electron chi connectivity index (χ3n) is 7.48. The normalized spacial score (nSPS) is 28.7. The van der Waals surface area contributed by atoms with Crippen LogP contribution >= 0.6 is 34.8 Å². The van der Waals surface area contributed by atoms with Crippen molar-refractivity contribution in [2.24, 2.45) is 23.7 Å². The van der Waals surface area contributed by atoms with Crippen LogP contribution in [0.4, 0.5) is 0 Å². The second-order valence-electron chi connectivity index (χ2n) is 9.44. The Bertz CT molecular complexity index is 916. The summed E-state index contributed by atoms with van der Waals surface area (Å²) in [5, 5.41) is 5.53. The van der Waals surface area contributed by atoms with E-state index in [2.05, 4.69) is 5.32 Å². The first-order valence-corrected chi connectivity index (χ1v) is 12.3. The van der Waals surface area contributed by atoms with Crippen molar-refractivity contribution in [2.75, 3.05) is 7.11 Å². The summed E-state index contributed by atoms with van der Waals surface area (Å²) in [5.41, 5.74) is 1.84.